The minimum absolute atomic E-state index is 0.586. The second-order valence-electron chi connectivity index (χ2n) is 11.8. The van der Waals surface area contributed by atoms with Crippen LogP contribution in [0.15, 0.2) is 0 Å². The molecular formula is C29H47O30P3. The first-order chi connectivity index (χ1) is 29.0. The topological polar surface area (TPSA) is 380 Å². The van der Waals surface area contributed by atoms with Gasteiger partial charge in [-0.15, -0.1) is 0 Å². The van der Waals surface area contributed by atoms with Crippen molar-refractivity contribution in [2.75, 3.05) is 60.6 Å². The molecule has 33 heteroatoms. The van der Waals surface area contributed by atoms with Crippen molar-refractivity contribution in [1.82, 2.24) is 0 Å². The fraction of sp³-hybridized carbons (Fsp3) is 0.793. The monoisotopic (exact) mass is 968 g/mol. The molecule has 0 aliphatic carbocycles. The zero-order valence-corrected chi connectivity index (χ0v) is 36.4. The highest BCUT2D eigenvalue weighted by Gasteiger charge is 2.56. The summed E-state index contributed by atoms with van der Waals surface area (Å²) in [5.74, 6) is -5.63. The molecule has 1 unspecified atom stereocenters. The molecule has 3 N–H and O–H groups in total. The molecule has 2 rings (SSSR count). The molecule has 30 nitrogen and oxygen atoms in total. The van der Waals surface area contributed by atoms with Crippen molar-refractivity contribution in [3.63, 3.8) is 0 Å². The Kier molecular flexibility index (Phi) is 23.6. The van der Waals surface area contributed by atoms with Crippen molar-refractivity contribution in [2.24, 2.45) is 0 Å². The van der Waals surface area contributed by atoms with Crippen LogP contribution in [0.2, 0.25) is 0 Å². The van der Waals surface area contributed by atoms with Gasteiger partial charge in [-0.05, 0) is 0 Å². The Hall–Kier alpha value is -3.09. The number of phosphoric ester groups is 3. The Labute approximate surface area is 351 Å². The van der Waals surface area contributed by atoms with Crippen LogP contribution >= 0.6 is 23.5 Å². The van der Waals surface area contributed by atoms with Crippen LogP contribution in [0.25, 0.3) is 0 Å². The van der Waals surface area contributed by atoms with Crippen LogP contribution in [0.5, 0.6) is 0 Å². The number of hydrogen-bond acceptors (Lipinski definition) is 30. The normalized spacial score (nSPS) is 24.1. The van der Waals surface area contributed by atoms with E-state index in [0.29, 0.717) is 0 Å². The molecule has 62 heavy (non-hydrogen) atoms. The maximum Gasteiger partial charge on any atom is 0.481 e. The van der Waals surface area contributed by atoms with Gasteiger partial charge in [0.1, 0.15) is 42.7 Å². The van der Waals surface area contributed by atoms with Crippen molar-refractivity contribution in [2.45, 2.75) is 90.6 Å². The molecule has 2 aliphatic rings. The van der Waals surface area contributed by atoms with Gasteiger partial charge >= 0.3 is 59.3 Å². The second-order valence-corrected chi connectivity index (χ2v) is 16.7. The fourth-order valence-electron chi connectivity index (χ4n) is 4.43. The van der Waals surface area contributed by atoms with E-state index in [9.17, 15) is 57.8 Å². The van der Waals surface area contributed by atoms with E-state index in [4.69, 9.17) is 54.9 Å². The molecule has 0 aromatic rings. The van der Waals surface area contributed by atoms with E-state index in [-0.39, 0.29) is 0 Å². The summed E-state index contributed by atoms with van der Waals surface area (Å²) in [5.41, 5.74) is 0. The quantitative estimate of drug-likeness (QED) is 0.0386. The molecule has 0 bridgehead atoms. The zero-order chi connectivity index (χ0) is 46.7. The number of ether oxygens (including phenoxy) is 9. The number of phosphoric acid groups is 3. The van der Waals surface area contributed by atoms with Gasteiger partial charge < -0.3 is 58.0 Å². The maximum atomic E-state index is 14.0. The van der Waals surface area contributed by atoms with Crippen molar-refractivity contribution in [3.05, 3.63) is 0 Å². The van der Waals surface area contributed by atoms with Gasteiger partial charge in [0.15, 0.2) is 6.29 Å². The number of carbonyl (C=O) groups is 6. The lowest BCUT2D eigenvalue weighted by Gasteiger charge is -2.45. The Balaban J connectivity index is 2.63. The highest BCUT2D eigenvalue weighted by Crippen LogP contribution is 2.57. The van der Waals surface area contributed by atoms with Crippen LogP contribution in [0.1, 0.15) is 41.5 Å². The summed E-state index contributed by atoms with van der Waals surface area (Å²) in [6.45, 7) is -3.64. The first kappa shape index (κ1) is 55.0. The predicted octanol–water partition coefficient (Wildman–Crippen LogP) is -0.456. The van der Waals surface area contributed by atoms with Crippen LogP contribution in [0, 0.1) is 0 Å². The van der Waals surface area contributed by atoms with Gasteiger partial charge in [0.2, 0.25) is 40.8 Å². The Morgan fingerprint density at radius 3 is 1.15 bits per heavy atom. The number of aliphatic hydroxyl groups excluding tert-OH is 3. The minimum Gasteiger partial charge on any atom is -0.438 e. The number of aliphatic hydroxyl groups is 3. The third kappa shape index (κ3) is 19.7. The van der Waals surface area contributed by atoms with Gasteiger partial charge in [0.05, 0.1) is 19.8 Å². The van der Waals surface area contributed by atoms with Crippen molar-refractivity contribution < 1.29 is 141 Å². The Bertz CT molecular complexity index is 1570. The lowest BCUT2D eigenvalue weighted by molar-refractivity contribution is -0.314. The highest BCUT2D eigenvalue weighted by molar-refractivity contribution is 7.49. The predicted molar refractivity (Wildman–Crippen MR) is 187 cm³/mol. The highest BCUT2D eigenvalue weighted by atomic mass is 31.2. The van der Waals surface area contributed by atoms with Gasteiger partial charge in [0, 0.05) is 41.5 Å². The molecule has 0 amide bonds. The first-order valence-corrected chi connectivity index (χ1v) is 21.8. The lowest BCUT2D eigenvalue weighted by Crippen LogP contribution is -2.61. The number of hydrogen-bond donors (Lipinski definition) is 3. The molecule has 2 aliphatic heterocycles. The van der Waals surface area contributed by atoms with E-state index in [1.807, 2.05) is 0 Å². The molecule has 0 radical (unpaired) electrons. The molecule has 8 atom stereocenters. The maximum absolute atomic E-state index is 14.0. The summed E-state index contributed by atoms with van der Waals surface area (Å²) in [4.78, 5) is 68.3. The molecule has 0 aromatic carbocycles. The summed E-state index contributed by atoms with van der Waals surface area (Å²) in [5, 5.41) is 32.4. The number of rotatable bonds is 28. The van der Waals surface area contributed by atoms with Gasteiger partial charge in [-0.25, -0.2) is 40.8 Å². The van der Waals surface area contributed by atoms with Crippen LogP contribution in [0.4, 0.5) is 0 Å². The summed E-state index contributed by atoms with van der Waals surface area (Å²) in [7, 11) is -15.5. The van der Waals surface area contributed by atoms with Gasteiger partial charge in [0.25, 0.3) is 0 Å². The van der Waals surface area contributed by atoms with Crippen LogP contribution < -0.4 is 0 Å². The lowest BCUT2D eigenvalue weighted by atomic mass is 9.99. The Morgan fingerprint density at radius 1 is 0.500 bits per heavy atom. The fourth-order valence-corrected chi connectivity index (χ4v) is 7.72. The van der Waals surface area contributed by atoms with Crippen LogP contribution in [0.3, 0.4) is 0 Å². The molecule has 358 valence electrons. The average molecular weight is 969 g/mol. The van der Waals surface area contributed by atoms with Crippen molar-refractivity contribution in [3.8, 4) is 0 Å². The van der Waals surface area contributed by atoms with E-state index in [2.05, 4.69) is 28.4 Å². The standard InChI is InChI=1S/C29H47O30P3/c1-16(32)43-10-49-60(39,50-11-44-17(2)33)57-24-9-42-22(7-30)26(24)56-29-25(38)28(59-62(41,53-14-47-20(5)36)54-15-48-21(6)37)27(23(8-31)55-29)58-61(40,51-12-45-18(3)34)52-13-46-19(4)35/h22-31,38H,7-15H2,1-6H3/t22-,23-,24+,25-,26?,27-,28-,29-/m1/s1. The average Bonchev–Trinajstić information content (AvgIpc) is 3.53. The van der Waals surface area contributed by atoms with Crippen molar-refractivity contribution in [1.29, 1.82) is 0 Å². The minimum atomic E-state index is -5.33. The third-order valence-corrected chi connectivity index (χ3v) is 11.1. The van der Waals surface area contributed by atoms with Crippen LogP contribution in [-0.2, 0) is 126 Å². The Morgan fingerprint density at radius 2 is 0.823 bits per heavy atom. The molecule has 2 saturated heterocycles. The third-order valence-electron chi connectivity index (χ3n) is 7.08. The summed E-state index contributed by atoms with van der Waals surface area (Å²) in [6.07, 6.45) is -16.0. The summed E-state index contributed by atoms with van der Waals surface area (Å²) < 4.78 is 133. The smallest absolute Gasteiger partial charge is 0.438 e. The zero-order valence-electron chi connectivity index (χ0n) is 33.7. The largest absolute Gasteiger partial charge is 0.481 e. The summed E-state index contributed by atoms with van der Waals surface area (Å²) in [6, 6.07) is 0. The molecule has 0 aromatic heterocycles. The van der Waals surface area contributed by atoms with E-state index in [1.54, 1.807) is 0 Å². The first-order valence-electron chi connectivity index (χ1n) is 17.4. The van der Waals surface area contributed by atoms with E-state index in [1.165, 1.54) is 0 Å². The van der Waals surface area contributed by atoms with Gasteiger partial charge in [-0.2, -0.15) is 0 Å². The SMILES string of the molecule is CC(=O)OCOP(=O)(OCOC(C)=O)O[C@@H]1[C@@H](O)[C@@H](OC2[C@@H](OP(=O)(OCOC(C)=O)OCOC(C)=O)CO[C@@H]2CO)O[C@H](CO)[C@H]1OP(=O)(OCOC(C)=O)OCOC(C)=O. The molecule has 0 spiro atoms. The van der Waals surface area contributed by atoms with E-state index < -0.39 is 169 Å². The van der Waals surface area contributed by atoms with Gasteiger partial charge in [-0.1, -0.05) is 0 Å². The summed E-state index contributed by atoms with van der Waals surface area (Å²) >= 11 is 0. The van der Waals surface area contributed by atoms with Crippen LogP contribution in [-0.4, -0.2) is 161 Å². The molecular weight excluding hydrogens is 921 g/mol. The van der Waals surface area contributed by atoms with Gasteiger partial charge in [-0.3, -0.25) is 42.3 Å². The number of carbonyl (C=O) groups excluding carboxylic acids is 6. The van der Waals surface area contributed by atoms with Crippen molar-refractivity contribution >= 4 is 59.3 Å². The van der Waals surface area contributed by atoms with E-state index in [0.717, 1.165) is 41.5 Å². The molecule has 2 fully saturated rings. The van der Waals surface area contributed by atoms with E-state index >= 15 is 0 Å². The molecule has 2 heterocycles. The number of esters is 6. The molecule has 0 saturated carbocycles. The second kappa shape index (κ2) is 26.6.